The second-order valence-electron chi connectivity index (χ2n) is 6.41. The molecule has 4 rings (SSSR count). The van der Waals surface area contributed by atoms with Crippen molar-refractivity contribution in [3.63, 3.8) is 0 Å². The summed E-state index contributed by atoms with van der Waals surface area (Å²) in [7, 11) is 0. The van der Waals surface area contributed by atoms with Crippen molar-refractivity contribution in [3.8, 4) is 11.5 Å². The highest BCUT2D eigenvalue weighted by Crippen LogP contribution is 2.38. The summed E-state index contributed by atoms with van der Waals surface area (Å²) >= 11 is 12.4. The minimum Gasteiger partial charge on any atom is -0.486 e. The first-order chi connectivity index (χ1) is 14.0. The lowest BCUT2D eigenvalue weighted by atomic mass is 10.1. The number of nitrogens with zero attached hydrogens (tertiary/aromatic N) is 1. The number of carbonyl (C=O) groups is 1. The van der Waals surface area contributed by atoms with Gasteiger partial charge in [0.1, 0.15) is 13.2 Å². The van der Waals surface area contributed by atoms with Crippen LogP contribution in [0.2, 0.25) is 10.0 Å². The zero-order valence-electron chi connectivity index (χ0n) is 15.2. The van der Waals surface area contributed by atoms with Crippen LogP contribution in [-0.2, 0) is 6.54 Å². The van der Waals surface area contributed by atoms with Gasteiger partial charge in [-0.15, -0.1) is 0 Å². The van der Waals surface area contributed by atoms with Gasteiger partial charge in [-0.05, 0) is 29.8 Å². The topological polar surface area (TPSA) is 69.6 Å². The molecule has 0 saturated heterocycles. The smallest absolute Gasteiger partial charge is 0.255 e. The van der Waals surface area contributed by atoms with Crippen LogP contribution in [0, 0.1) is 0 Å². The molecule has 1 N–H and O–H groups in total. The number of hydrogen-bond acceptors (Lipinski definition) is 4. The maximum Gasteiger partial charge on any atom is 0.255 e. The second kappa shape index (κ2) is 8.19. The van der Waals surface area contributed by atoms with E-state index in [1.54, 1.807) is 24.4 Å². The molecule has 3 aromatic rings. The SMILES string of the molecule is O=C(Nc1ccc(=O)n(Cc2ccccc2Cl)c1)c1cc(Cl)c2c(c1)OCCO2. The van der Waals surface area contributed by atoms with Gasteiger partial charge in [-0.1, -0.05) is 41.4 Å². The first-order valence-electron chi connectivity index (χ1n) is 8.85. The van der Waals surface area contributed by atoms with Crippen molar-refractivity contribution in [2.75, 3.05) is 18.5 Å². The van der Waals surface area contributed by atoms with E-state index in [1.165, 1.54) is 16.7 Å². The number of pyridine rings is 1. The summed E-state index contributed by atoms with van der Waals surface area (Å²) < 4.78 is 12.5. The Morgan fingerprint density at radius 3 is 2.66 bits per heavy atom. The van der Waals surface area contributed by atoms with Crippen LogP contribution in [0.4, 0.5) is 5.69 Å². The molecule has 0 bridgehead atoms. The van der Waals surface area contributed by atoms with Crippen molar-refractivity contribution < 1.29 is 14.3 Å². The molecule has 0 unspecified atom stereocenters. The molecule has 1 aliphatic heterocycles. The molecule has 0 spiro atoms. The third-order valence-corrected chi connectivity index (χ3v) is 5.05. The van der Waals surface area contributed by atoms with E-state index < -0.39 is 0 Å². The van der Waals surface area contributed by atoms with Crippen molar-refractivity contribution in [1.82, 2.24) is 4.57 Å². The number of amides is 1. The molecule has 0 radical (unpaired) electrons. The summed E-state index contributed by atoms with van der Waals surface area (Å²) in [5.41, 5.74) is 1.39. The van der Waals surface area contributed by atoms with Crippen LogP contribution >= 0.6 is 23.2 Å². The third kappa shape index (κ3) is 4.23. The molecule has 1 aromatic heterocycles. The summed E-state index contributed by atoms with van der Waals surface area (Å²) in [5, 5.41) is 3.64. The Morgan fingerprint density at radius 1 is 1.03 bits per heavy atom. The quantitative estimate of drug-likeness (QED) is 0.672. The molecule has 6 nitrogen and oxygen atoms in total. The Bertz CT molecular complexity index is 1140. The number of fused-ring (bicyclic) bond motifs is 1. The molecular weight excluding hydrogens is 415 g/mol. The second-order valence-corrected chi connectivity index (χ2v) is 7.23. The number of anilines is 1. The molecule has 0 aliphatic carbocycles. The molecule has 148 valence electrons. The Balaban J connectivity index is 1.57. The Labute approximate surface area is 176 Å². The molecule has 29 heavy (non-hydrogen) atoms. The zero-order valence-corrected chi connectivity index (χ0v) is 16.7. The van der Waals surface area contributed by atoms with Crippen LogP contribution in [0.1, 0.15) is 15.9 Å². The number of hydrogen-bond donors (Lipinski definition) is 1. The van der Waals surface area contributed by atoms with Crippen LogP contribution in [0.3, 0.4) is 0 Å². The van der Waals surface area contributed by atoms with Gasteiger partial charge in [0.05, 0.1) is 17.3 Å². The number of halogens is 2. The van der Waals surface area contributed by atoms with Gasteiger partial charge in [0.25, 0.3) is 11.5 Å². The van der Waals surface area contributed by atoms with Gasteiger partial charge in [-0.2, -0.15) is 0 Å². The van der Waals surface area contributed by atoms with Crippen LogP contribution in [0.15, 0.2) is 59.5 Å². The number of carbonyl (C=O) groups excluding carboxylic acids is 1. The fourth-order valence-electron chi connectivity index (χ4n) is 2.98. The summed E-state index contributed by atoms with van der Waals surface area (Å²) in [5.74, 6) is 0.479. The van der Waals surface area contributed by atoms with E-state index in [2.05, 4.69) is 5.32 Å². The van der Waals surface area contributed by atoms with Gasteiger partial charge in [-0.3, -0.25) is 9.59 Å². The van der Waals surface area contributed by atoms with Crippen LogP contribution in [0.5, 0.6) is 11.5 Å². The normalized spacial score (nSPS) is 12.5. The Kier molecular flexibility index (Phi) is 5.47. The average molecular weight is 431 g/mol. The van der Waals surface area contributed by atoms with E-state index in [0.717, 1.165) is 5.56 Å². The van der Waals surface area contributed by atoms with Crippen LogP contribution in [-0.4, -0.2) is 23.7 Å². The molecule has 0 saturated carbocycles. The van der Waals surface area contributed by atoms with Gasteiger partial charge in [0, 0.05) is 22.8 Å². The first kappa shape index (κ1) is 19.4. The number of aromatic nitrogens is 1. The maximum absolute atomic E-state index is 12.7. The Morgan fingerprint density at radius 2 is 1.83 bits per heavy atom. The average Bonchev–Trinajstić information content (AvgIpc) is 2.72. The maximum atomic E-state index is 12.7. The lowest BCUT2D eigenvalue weighted by Crippen LogP contribution is -2.21. The minimum atomic E-state index is -0.383. The standard InChI is InChI=1S/C21H16Cl2N2O4/c22-16-4-2-1-3-13(16)11-25-12-15(5-6-19(25)26)24-21(27)14-9-17(23)20-18(10-14)28-7-8-29-20/h1-6,9-10,12H,7-8,11H2,(H,24,27). The Hall–Kier alpha value is -2.96. The lowest BCUT2D eigenvalue weighted by molar-refractivity contribution is 0.102. The van der Waals surface area contributed by atoms with E-state index in [4.69, 9.17) is 32.7 Å². The fourth-order valence-corrected chi connectivity index (χ4v) is 3.44. The number of nitrogens with one attached hydrogen (secondary N) is 1. The minimum absolute atomic E-state index is 0.203. The van der Waals surface area contributed by atoms with Crippen LogP contribution in [0.25, 0.3) is 0 Å². The van der Waals surface area contributed by atoms with Gasteiger partial charge in [0.15, 0.2) is 11.5 Å². The van der Waals surface area contributed by atoms with Crippen molar-refractivity contribution in [2.24, 2.45) is 0 Å². The highest BCUT2D eigenvalue weighted by Gasteiger charge is 2.19. The lowest BCUT2D eigenvalue weighted by Gasteiger charge is -2.20. The first-order valence-corrected chi connectivity index (χ1v) is 9.61. The van der Waals surface area contributed by atoms with E-state index >= 15 is 0 Å². The third-order valence-electron chi connectivity index (χ3n) is 4.40. The predicted octanol–water partition coefficient (Wildman–Crippen LogP) is 4.23. The van der Waals surface area contributed by atoms with Crippen molar-refractivity contribution in [3.05, 3.63) is 86.3 Å². The summed E-state index contributed by atoms with van der Waals surface area (Å²) in [6.07, 6.45) is 1.57. The molecule has 2 aromatic carbocycles. The van der Waals surface area contributed by atoms with E-state index in [9.17, 15) is 9.59 Å². The van der Waals surface area contributed by atoms with Crippen molar-refractivity contribution in [2.45, 2.75) is 6.54 Å². The monoisotopic (exact) mass is 430 g/mol. The van der Waals surface area contributed by atoms with Crippen molar-refractivity contribution >= 4 is 34.8 Å². The molecular formula is C21H16Cl2N2O4. The number of rotatable bonds is 4. The molecule has 0 fully saturated rings. The molecule has 2 heterocycles. The summed E-state index contributed by atoms with van der Waals surface area (Å²) in [6.45, 7) is 1.09. The van der Waals surface area contributed by atoms with Gasteiger partial charge in [-0.25, -0.2) is 0 Å². The van der Waals surface area contributed by atoms with Gasteiger partial charge >= 0.3 is 0 Å². The fraction of sp³-hybridized carbons (Fsp3) is 0.143. The molecule has 0 atom stereocenters. The van der Waals surface area contributed by atoms with E-state index in [1.807, 2.05) is 18.2 Å². The predicted molar refractivity (Wildman–Crippen MR) is 112 cm³/mol. The number of ether oxygens (including phenoxy) is 2. The molecule has 1 aliphatic rings. The zero-order chi connectivity index (χ0) is 20.4. The van der Waals surface area contributed by atoms with E-state index in [0.29, 0.717) is 46.0 Å². The summed E-state index contributed by atoms with van der Waals surface area (Å²) in [6, 6.07) is 13.3. The van der Waals surface area contributed by atoms with Crippen molar-refractivity contribution in [1.29, 1.82) is 0 Å². The highest BCUT2D eigenvalue weighted by atomic mass is 35.5. The number of benzene rings is 2. The van der Waals surface area contributed by atoms with Gasteiger partial charge < -0.3 is 19.4 Å². The molecule has 1 amide bonds. The van der Waals surface area contributed by atoms with E-state index in [-0.39, 0.29) is 18.0 Å². The highest BCUT2D eigenvalue weighted by molar-refractivity contribution is 6.33. The molecule has 8 heteroatoms. The summed E-state index contributed by atoms with van der Waals surface area (Å²) in [4.78, 5) is 24.9. The van der Waals surface area contributed by atoms with Gasteiger partial charge in [0.2, 0.25) is 0 Å². The largest absolute Gasteiger partial charge is 0.486 e. The van der Waals surface area contributed by atoms with Crippen LogP contribution < -0.4 is 20.3 Å².